The molecule has 26 heavy (non-hydrogen) atoms. The lowest BCUT2D eigenvalue weighted by molar-refractivity contribution is 0.0825. The molecule has 0 spiro atoms. The smallest absolute Gasteiger partial charge is 0.138 e. The van der Waals surface area contributed by atoms with Gasteiger partial charge in [0.2, 0.25) is 0 Å². The van der Waals surface area contributed by atoms with Gasteiger partial charge < -0.3 is 10.1 Å². The molecule has 0 radical (unpaired) electrons. The van der Waals surface area contributed by atoms with Gasteiger partial charge in [-0.05, 0) is 35.3 Å². The predicted molar refractivity (Wildman–Crippen MR) is 108 cm³/mol. The van der Waals surface area contributed by atoms with Gasteiger partial charge >= 0.3 is 0 Å². The van der Waals surface area contributed by atoms with E-state index in [-0.39, 0.29) is 0 Å². The molecule has 0 amide bonds. The third kappa shape index (κ3) is 4.41. The van der Waals surface area contributed by atoms with Crippen LogP contribution >= 0.6 is 23.2 Å². The highest BCUT2D eigenvalue weighted by atomic mass is 35.5. The Morgan fingerprint density at radius 1 is 1.08 bits per heavy atom. The van der Waals surface area contributed by atoms with E-state index in [0.29, 0.717) is 28.4 Å². The number of hydrogen-bond acceptors (Lipinski definition) is 3. The molecule has 4 rings (SSSR count). The Morgan fingerprint density at radius 2 is 1.88 bits per heavy atom. The zero-order valence-corrected chi connectivity index (χ0v) is 16.0. The van der Waals surface area contributed by atoms with E-state index in [1.54, 1.807) is 12.1 Å². The van der Waals surface area contributed by atoms with Crippen molar-refractivity contribution in [3.05, 3.63) is 70.2 Å². The topological polar surface area (TPSA) is 24.5 Å². The van der Waals surface area contributed by atoms with E-state index < -0.39 is 0 Å². The van der Waals surface area contributed by atoms with Crippen molar-refractivity contribution in [1.82, 2.24) is 10.2 Å². The normalized spacial score (nSPS) is 19.8. The highest BCUT2D eigenvalue weighted by Gasteiger charge is 2.30. The molecule has 0 unspecified atom stereocenters. The van der Waals surface area contributed by atoms with Crippen LogP contribution in [0.1, 0.15) is 5.56 Å². The van der Waals surface area contributed by atoms with Crippen LogP contribution in [0.25, 0.3) is 5.57 Å². The summed E-state index contributed by atoms with van der Waals surface area (Å²) in [7, 11) is 0. The highest BCUT2D eigenvalue weighted by Crippen LogP contribution is 2.32. The summed E-state index contributed by atoms with van der Waals surface area (Å²) in [5.74, 6) is 1.42. The van der Waals surface area contributed by atoms with E-state index in [9.17, 15) is 0 Å². The van der Waals surface area contributed by atoms with Crippen molar-refractivity contribution in [3.63, 3.8) is 0 Å². The Morgan fingerprint density at radius 3 is 2.65 bits per heavy atom. The lowest BCUT2D eigenvalue weighted by Gasteiger charge is -2.39. The van der Waals surface area contributed by atoms with Crippen LogP contribution in [0.2, 0.25) is 10.0 Å². The second kappa shape index (κ2) is 8.01. The van der Waals surface area contributed by atoms with Crippen molar-refractivity contribution in [2.24, 2.45) is 5.92 Å². The van der Waals surface area contributed by atoms with E-state index in [1.165, 1.54) is 11.1 Å². The Bertz CT molecular complexity index is 788. The molecule has 1 heterocycles. The quantitative estimate of drug-likeness (QED) is 0.726. The molecule has 3 nitrogen and oxygen atoms in total. The number of rotatable bonds is 8. The van der Waals surface area contributed by atoms with Crippen molar-refractivity contribution in [1.29, 1.82) is 0 Å². The van der Waals surface area contributed by atoms with Crippen molar-refractivity contribution >= 4 is 28.8 Å². The molecular formula is C21H22Cl2N2O. The van der Waals surface area contributed by atoms with Crippen LogP contribution in [0, 0.1) is 5.92 Å². The van der Waals surface area contributed by atoms with Crippen molar-refractivity contribution in [3.8, 4) is 5.75 Å². The number of nitrogens with one attached hydrogen (secondary N) is 1. The molecule has 1 aliphatic heterocycles. The minimum Gasteiger partial charge on any atom is -0.491 e. The van der Waals surface area contributed by atoms with E-state index >= 15 is 0 Å². The van der Waals surface area contributed by atoms with Crippen LogP contribution in [0.5, 0.6) is 5.75 Å². The molecule has 1 aliphatic carbocycles. The van der Waals surface area contributed by atoms with E-state index in [1.807, 2.05) is 6.07 Å². The molecule has 2 aromatic carbocycles. The monoisotopic (exact) mass is 388 g/mol. The Labute approximate surface area is 164 Å². The molecular weight excluding hydrogens is 367 g/mol. The maximum atomic E-state index is 6.11. The average molecular weight is 389 g/mol. The Hall–Kier alpha value is -1.52. The van der Waals surface area contributed by atoms with Gasteiger partial charge in [0, 0.05) is 31.2 Å². The van der Waals surface area contributed by atoms with Crippen LogP contribution in [-0.2, 0) is 0 Å². The summed E-state index contributed by atoms with van der Waals surface area (Å²) in [4.78, 5) is 2.41. The summed E-state index contributed by atoms with van der Waals surface area (Å²) in [5, 5.41) is 4.83. The van der Waals surface area contributed by atoms with Crippen molar-refractivity contribution < 1.29 is 4.74 Å². The standard InChI is InChI=1S/C21H22Cl2N2O/c22-17-6-7-21(19(23)10-17)26-9-8-25-13-15(14-25)12-24-20-11-18(20)16-4-2-1-3-5-16/h1-7,10-11,15,20,24H,8-9,12-14H2/t20-/m1/s1. The molecule has 0 aromatic heterocycles. The number of nitrogens with zero attached hydrogens (tertiary/aromatic N) is 1. The van der Waals surface area contributed by atoms with Gasteiger partial charge in [0.25, 0.3) is 0 Å². The zero-order chi connectivity index (χ0) is 17.9. The SMILES string of the molecule is Clc1ccc(OCCN2CC(CN[C@@H]3C=C3c3ccccc3)C2)c(Cl)c1. The minimum absolute atomic E-state index is 0.460. The first kappa shape index (κ1) is 17.9. The number of hydrogen-bond donors (Lipinski definition) is 1. The molecule has 1 fully saturated rings. The number of ether oxygens (including phenoxy) is 1. The summed E-state index contributed by atoms with van der Waals surface area (Å²) in [6, 6.07) is 16.4. The zero-order valence-electron chi connectivity index (χ0n) is 14.5. The van der Waals surface area contributed by atoms with Crippen LogP contribution in [0.15, 0.2) is 54.6 Å². The van der Waals surface area contributed by atoms with Crippen molar-refractivity contribution in [2.75, 3.05) is 32.8 Å². The fourth-order valence-corrected chi connectivity index (χ4v) is 3.83. The number of benzene rings is 2. The minimum atomic E-state index is 0.460. The van der Waals surface area contributed by atoms with Crippen molar-refractivity contribution in [2.45, 2.75) is 6.04 Å². The molecule has 5 heteroatoms. The summed E-state index contributed by atoms with van der Waals surface area (Å²) in [6.45, 7) is 4.88. The van der Waals surface area contributed by atoms with Crippen LogP contribution in [0.4, 0.5) is 0 Å². The fourth-order valence-electron chi connectivity index (χ4n) is 3.37. The molecule has 136 valence electrons. The molecule has 0 bridgehead atoms. The first-order valence-electron chi connectivity index (χ1n) is 9.00. The summed E-state index contributed by atoms with van der Waals surface area (Å²) < 4.78 is 5.75. The third-order valence-corrected chi connectivity index (χ3v) is 5.43. The Kier molecular flexibility index (Phi) is 5.51. The largest absolute Gasteiger partial charge is 0.491 e. The van der Waals surface area contributed by atoms with Gasteiger partial charge in [-0.15, -0.1) is 0 Å². The molecule has 1 atom stereocenters. The van der Waals surface area contributed by atoms with Gasteiger partial charge in [-0.25, -0.2) is 0 Å². The number of likely N-dealkylation sites (tertiary alicyclic amines) is 1. The van der Waals surface area contributed by atoms with Gasteiger partial charge in [0.05, 0.1) is 11.1 Å². The van der Waals surface area contributed by atoms with E-state index in [4.69, 9.17) is 27.9 Å². The average Bonchev–Trinajstić information content (AvgIpc) is 3.38. The summed E-state index contributed by atoms with van der Waals surface area (Å²) >= 11 is 12.0. The van der Waals surface area contributed by atoms with Gasteiger partial charge in [0.15, 0.2) is 0 Å². The highest BCUT2D eigenvalue weighted by molar-refractivity contribution is 6.35. The van der Waals surface area contributed by atoms with Gasteiger partial charge in [0.1, 0.15) is 12.4 Å². The second-order valence-corrected chi connectivity index (χ2v) is 7.77. The number of halogens is 2. The first-order chi connectivity index (χ1) is 12.7. The Balaban J connectivity index is 1.10. The lowest BCUT2D eigenvalue weighted by Crippen LogP contribution is -2.52. The lowest BCUT2D eigenvalue weighted by atomic mass is 10.0. The van der Waals surface area contributed by atoms with Crippen LogP contribution in [0.3, 0.4) is 0 Å². The fraction of sp³-hybridized carbons (Fsp3) is 0.333. The maximum Gasteiger partial charge on any atom is 0.138 e. The van der Waals surface area contributed by atoms with Gasteiger partial charge in [-0.2, -0.15) is 0 Å². The molecule has 2 aliphatic rings. The first-order valence-corrected chi connectivity index (χ1v) is 9.75. The summed E-state index contributed by atoms with van der Waals surface area (Å²) in [6.07, 6.45) is 2.30. The second-order valence-electron chi connectivity index (χ2n) is 6.92. The van der Waals surface area contributed by atoms with E-state index in [2.05, 4.69) is 46.6 Å². The maximum absolute atomic E-state index is 6.11. The summed E-state index contributed by atoms with van der Waals surface area (Å²) in [5.41, 5.74) is 2.76. The molecule has 1 saturated heterocycles. The van der Waals surface area contributed by atoms with Crippen LogP contribution < -0.4 is 10.1 Å². The van der Waals surface area contributed by atoms with E-state index in [0.717, 1.165) is 32.1 Å². The molecule has 2 aromatic rings. The molecule has 1 N–H and O–H groups in total. The third-order valence-electron chi connectivity index (χ3n) is 4.90. The predicted octanol–water partition coefficient (Wildman–Crippen LogP) is 4.36. The van der Waals surface area contributed by atoms with Gasteiger partial charge in [-0.1, -0.05) is 59.6 Å². The van der Waals surface area contributed by atoms with Crippen LogP contribution in [-0.4, -0.2) is 43.7 Å². The molecule has 0 saturated carbocycles. The van der Waals surface area contributed by atoms with Gasteiger partial charge in [-0.3, -0.25) is 4.90 Å².